The van der Waals surface area contributed by atoms with Crippen molar-refractivity contribution in [1.29, 1.82) is 0 Å². The summed E-state index contributed by atoms with van der Waals surface area (Å²) in [4.78, 5) is 103. The van der Waals surface area contributed by atoms with Crippen LogP contribution >= 0.6 is 0 Å². The van der Waals surface area contributed by atoms with E-state index in [0.29, 0.717) is 86.4 Å². The molecule has 5 N–H and O–H groups in total. The van der Waals surface area contributed by atoms with Gasteiger partial charge in [0.1, 0.15) is 18.7 Å². The third-order valence-electron chi connectivity index (χ3n) is 16.4. The van der Waals surface area contributed by atoms with Crippen LogP contribution in [0.25, 0.3) is 0 Å². The van der Waals surface area contributed by atoms with Crippen LogP contribution in [0.5, 0.6) is 23.0 Å². The maximum Gasteiger partial charge on any atom is 0.416 e. The number of hydrogen-bond donors (Lipinski definition) is 5. The second kappa shape index (κ2) is 39.6. The molecule has 25 nitrogen and oxygen atoms in total. The van der Waals surface area contributed by atoms with Crippen molar-refractivity contribution in [3.8, 4) is 23.0 Å². The van der Waals surface area contributed by atoms with Gasteiger partial charge in [0.25, 0.3) is 11.8 Å². The normalized spacial score (nSPS) is 19.6. The molecule has 0 fully saturated rings. The van der Waals surface area contributed by atoms with Gasteiger partial charge in [-0.3, -0.25) is 33.8 Å². The van der Waals surface area contributed by atoms with Crippen LogP contribution in [0.2, 0.25) is 0 Å². The molecular formula is C76H92N8O17. The largest absolute Gasteiger partial charge is 0.493 e. The summed E-state index contributed by atoms with van der Waals surface area (Å²) in [5, 5.41) is 23.2. The molecule has 4 aliphatic heterocycles. The Morgan fingerprint density at radius 1 is 0.644 bits per heavy atom. The number of methoxy groups -OCH3 is 2. The average Bonchev–Trinajstić information content (AvgIpc) is 1.62. The first kappa shape index (κ1) is 76.6. The quantitative estimate of drug-likeness (QED) is 0.0343. The van der Waals surface area contributed by atoms with Gasteiger partial charge in [0.05, 0.1) is 121 Å². The van der Waals surface area contributed by atoms with E-state index >= 15 is 0 Å². The fourth-order valence-corrected chi connectivity index (χ4v) is 11.2. The van der Waals surface area contributed by atoms with E-state index in [0.717, 1.165) is 21.6 Å². The Morgan fingerprint density at radius 2 is 1.23 bits per heavy atom. The molecule has 5 atom stereocenters. The second-order valence-electron chi connectivity index (χ2n) is 24.2. The van der Waals surface area contributed by atoms with Crippen LogP contribution in [0.1, 0.15) is 93.0 Å². The zero-order valence-electron chi connectivity index (χ0n) is 58.3. The van der Waals surface area contributed by atoms with Gasteiger partial charge in [-0.1, -0.05) is 117 Å². The number of carbonyl (C=O) groups is 7. The van der Waals surface area contributed by atoms with Gasteiger partial charge in [-0.15, -0.1) is 0 Å². The van der Waals surface area contributed by atoms with Gasteiger partial charge < -0.3 is 78.8 Å². The van der Waals surface area contributed by atoms with E-state index in [1.807, 2.05) is 111 Å². The zero-order chi connectivity index (χ0) is 72.0. The van der Waals surface area contributed by atoms with Crippen molar-refractivity contribution in [3.63, 3.8) is 0 Å². The number of allylic oxidation sites excluding steroid dienone is 15. The number of rotatable bonds is 35. The van der Waals surface area contributed by atoms with Crippen LogP contribution in [0.4, 0.5) is 21.9 Å². The minimum atomic E-state index is -1.58. The summed E-state index contributed by atoms with van der Waals surface area (Å²) >= 11 is 0. The van der Waals surface area contributed by atoms with Crippen LogP contribution in [0, 0.1) is 5.92 Å². The lowest BCUT2D eigenvalue weighted by atomic mass is 10.0. The van der Waals surface area contributed by atoms with Gasteiger partial charge >= 0.3 is 6.09 Å². The smallest absolute Gasteiger partial charge is 0.416 e. The SMILES string of the molecule is C/C=C/C1=CN2C(=O)c3cc(OC)c(OCCCOc4cc5c(cc4OC)C(=O)N4C=C(/C=C/C)C[C@H]4[C@H](O)N5C(=O)OCc4ccc(NC(=O)C(C)NC(=O)[C@@H](NC(=O)CCOCCOCCOCCOCCNC(=O)CC5=C/C=C\C=C/C=C\C=C/C=C\5)C(C)C)cc4)cc3N=C[C@@H]2C1. The molecule has 0 saturated heterocycles. The van der Waals surface area contributed by atoms with Gasteiger partial charge in [0, 0.05) is 55.8 Å². The molecule has 0 aromatic heterocycles. The van der Waals surface area contributed by atoms with E-state index < -0.39 is 54.1 Å². The monoisotopic (exact) mass is 1390 g/mol. The Kier molecular flexibility index (Phi) is 30.0. The summed E-state index contributed by atoms with van der Waals surface area (Å²) < 4.78 is 51.9. The highest BCUT2D eigenvalue weighted by Gasteiger charge is 2.45. The molecule has 101 heavy (non-hydrogen) atoms. The number of aliphatic imine (C=N–C) groups is 1. The van der Waals surface area contributed by atoms with Gasteiger partial charge in [-0.25, -0.2) is 9.69 Å². The Hall–Kier alpha value is -10.2. The first-order chi connectivity index (χ1) is 49.0. The molecule has 8 rings (SSSR count). The van der Waals surface area contributed by atoms with Crippen molar-refractivity contribution in [2.45, 2.75) is 104 Å². The standard InChI is InChI=1S/C76H92N8O17/c1-8-20-55-40-58-47-78-61-45-66(64(93-6)43-59(61)73(89)82(58)48-55)99-30-19-31-100-67-46-62-60(44-65(67)94-7)74(90)83-49-56(21-9-2)41-63(83)75(91)84(62)76(92)101-50-54-24-26-57(27-25-54)80-71(87)52(5)79-72(88)70(51(3)4)81-68(85)28-32-95-34-36-97-38-39-98-37-35-96-33-29-77-69(86)42-53-22-17-15-13-11-10-12-14-16-18-23-53/h8-18,20-27,43-49,51-52,58,63,70,75,91H,19,28-42,50H2,1-7H3,(H,77,86)(H,79,88)(H,80,87)(H,81,85)/b11-10-,12-10?,13-11?,14-12-,15-13-,16-14?,17-15?,18-16-,20-8+,21-9+,22-17-,23-18?,53-22?,53-23+/t52?,58-,63-,70-,75-/m0/s1. The number of carbonyl (C=O) groups excluding carboxylic acids is 7. The third kappa shape index (κ3) is 22.4. The molecule has 5 aliphatic rings. The van der Waals surface area contributed by atoms with Crippen LogP contribution in [-0.2, 0) is 49.5 Å². The molecule has 1 aliphatic carbocycles. The third-order valence-corrected chi connectivity index (χ3v) is 16.4. The van der Waals surface area contributed by atoms with E-state index in [9.17, 15) is 38.7 Å². The molecule has 25 heteroatoms. The predicted molar refractivity (Wildman–Crippen MR) is 382 cm³/mol. The average molecular weight is 1390 g/mol. The van der Waals surface area contributed by atoms with Gasteiger partial charge in [0.2, 0.25) is 23.6 Å². The predicted octanol–water partition coefficient (Wildman–Crippen LogP) is 9.36. The van der Waals surface area contributed by atoms with Gasteiger partial charge in [0.15, 0.2) is 29.2 Å². The molecule has 538 valence electrons. The summed E-state index contributed by atoms with van der Waals surface area (Å²) in [5.41, 5.74) is 4.45. The lowest BCUT2D eigenvalue weighted by Gasteiger charge is -2.31. The van der Waals surface area contributed by atoms with E-state index in [1.165, 1.54) is 38.2 Å². The minimum absolute atomic E-state index is 0.0136. The van der Waals surface area contributed by atoms with Crippen molar-refractivity contribution < 1.29 is 81.3 Å². The fraction of sp³-hybridized carbons (Fsp3) is 0.395. The number of amides is 7. The maximum absolute atomic E-state index is 14.4. The number of anilines is 2. The Bertz CT molecular complexity index is 3750. The van der Waals surface area contributed by atoms with Crippen molar-refractivity contribution in [2.24, 2.45) is 10.9 Å². The Labute approximate surface area is 589 Å². The number of aliphatic hydroxyl groups excluding tert-OH is 1. The van der Waals surface area contributed by atoms with E-state index in [-0.39, 0.29) is 105 Å². The molecular weight excluding hydrogens is 1300 g/mol. The summed E-state index contributed by atoms with van der Waals surface area (Å²) in [6, 6.07) is 9.63. The number of nitrogens with zero attached hydrogens (tertiary/aromatic N) is 4. The Balaban J connectivity index is 0.743. The highest BCUT2D eigenvalue weighted by molar-refractivity contribution is 6.07. The lowest BCUT2D eigenvalue weighted by Crippen LogP contribution is -2.53. The highest BCUT2D eigenvalue weighted by Crippen LogP contribution is 2.43. The maximum atomic E-state index is 14.4. The van der Waals surface area contributed by atoms with Crippen LogP contribution < -0.4 is 45.1 Å². The summed E-state index contributed by atoms with van der Waals surface area (Å²) in [5.74, 6) is -1.51. The summed E-state index contributed by atoms with van der Waals surface area (Å²) in [6.45, 7) is 11.5. The first-order valence-corrected chi connectivity index (χ1v) is 33.8. The van der Waals surface area contributed by atoms with Crippen LogP contribution in [-0.4, -0.2) is 180 Å². The summed E-state index contributed by atoms with van der Waals surface area (Å²) in [7, 11) is 2.91. The molecule has 4 heterocycles. The number of fused-ring (bicyclic) bond motifs is 4. The van der Waals surface area contributed by atoms with Crippen molar-refractivity contribution >= 4 is 64.8 Å². The fourth-order valence-electron chi connectivity index (χ4n) is 11.2. The molecule has 3 aromatic rings. The molecule has 1 unspecified atom stereocenters. The topological polar surface area (TPSA) is 293 Å². The van der Waals surface area contributed by atoms with E-state index in [2.05, 4.69) is 26.3 Å². The number of ether oxygens (including phenoxy) is 9. The van der Waals surface area contributed by atoms with E-state index in [4.69, 9.17) is 42.6 Å². The van der Waals surface area contributed by atoms with Crippen LogP contribution in [0.3, 0.4) is 0 Å². The van der Waals surface area contributed by atoms with Crippen molar-refractivity contribution in [1.82, 2.24) is 25.8 Å². The zero-order valence-corrected chi connectivity index (χ0v) is 58.3. The number of aliphatic hydroxyl groups is 1. The number of hydrogen-bond acceptors (Lipinski definition) is 18. The Morgan fingerprint density at radius 3 is 1.87 bits per heavy atom. The molecule has 0 saturated carbocycles. The lowest BCUT2D eigenvalue weighted by molar-refractivity contribution is -0.132. The van der Waals surface area contributed by atoms with Gasteiger partial charge in [-0.05, 0) is 86.1 Å². The number of benzene rings is 3. The van der Waals surface area contributed by atoms with Gasteiger partial charge in [-0.2, -0.15) is 0 Å². The first-order valence-electron chi connectivity index (χ1n) is 33.8. The molecule has 0 radical (unpaired) electrons. The van der Waals surface area contributed by atoms with Crippen LogP contribution in [0.15, 0.2) is 174 Å². The number of nitrogens with one attached hydrogen (secondary N) is 4. The van der Waals surface area contributed by atoms with Crippen molar-refractivity contribution in [2.75, 3.05) is 97.0 Å². The van der Waals surface area contributed by atoms with Crippen molar-refractivity contribution in [3.05, 3.63) is 185 Å². The molecule has 7 amide bonds. The van der Waals surface area contributed by atoms with E-state index in [1.54, 1.807) is 67.6 Å². The summed E-state index contributed by atoms with van der Waals surface area (Å²) in [6.07, 6.45) is 32.8. The second-order valence-corrected chi connectivity index (χ2v) is 24.2. The molecule has 0 spiro atoms. The highest BCUT2D eigenvalue weighted by atomic mass is 16.6. The molecule has 3 aromatic carbocycles. The minimum Gasteiger partial charge on any atom is -0.493 e. The molecule has 0 bridgehead atoms.